The normalized spacial score (nSPS) is 10.7. The van der Waals surface area contributed by atoms with Crippen molar-refractivity contribution < 1.29 is 4.79 Å². The number of nitrogens with one attached hydrogen (secondary N) is 1. The van der Waals surface area contributed by atoms with E-state index in [1.807, 2.05) is 30.3 Å². The van der Waals surface area contributed by atoms with Crippen molar-refractivity contribution in [2.45, 2.75) is 32.9 Å². The van der Waals surface area contributed by atoms with Gasteiger partial charge in [-0.2, -0.15) is 0 Å². The van der Waals surface area contributed by atoms with Gasteiger partial charge in [-0.15, -0.1) is 0 Å². The number of hydrogen-bond acceptors (Lipinski definition) is 3. The van der Waals surface area contributed by atoms with E-state index in [0.717, 1.165) is 18.7 Å². The number of nitrogens with zero attached hydrogens (tertiary/aromatic N) is 2. The molecule has 4 heteroatoms. The highest BCUT2D eigenvalue weighted by Gasteiger charge is 2.13. The van der Waals surface area contributed by atoms with E-state index in [1.54, 1.807) is 12.3 Å². The Morgan fingerprint density at radius 1 is 0.929 bits per heavy atom. The number of rotatable bonds is 8. The predicted octanol–water partition coefficient (Wildman–Crippen LogP) is 4.47. The van der Waals surface area contributed by atoms with Gasteiger partial charge >= 0.3 is 0 Å². The van der Waals surface area contributed by atoms with Crippen LogP contribution in [0.5, 0.6) is 0 Å². The average Bonchev–Trinajstić information content (AvgIpc) is 2.73. The number of aromatic nitrogens is 1. The maximum Gasteiger partial charge on any atom is 0.269 e. The van der Waals surface area contributed by atoms with E-state index in [1.165, 1.54) is 11.1 Å². The van der Waals surface area contributed by atoms with Crippen LogP contribution in [0, 0.1) is 0 Å². The van der Waals surface area contributed by atoms with Crippen LogP contribution in [0.25, 0.3) is 0 Å². The Balaban J connectivity index is 1.60. The number of amides is 1. The molecule has 3 aromatic rings. The molecule has 0 bridgehead atoms. The van der Waals surface area contributed by atoms with E-state index in [2.05, 4.69) is 65.4 Å². The molecular formula is C24H27N3O. The van der Waals surface area contributed by atoms with Gasteiger partial charge in [0.2, 0.25) is 0 Å². The third-order valence-corrected chi connectivity index (χ3v) is 4.67. The lowest BCUT2D eigenvalue weighted by Crippen LogP contribution is -2.30. The summed E-state index contributed by atoms with van der Waals surface area (Å²) in [5.41, 5.74) is 3.92. The van der Waals surface area contributed by atoms with Gasteiger partial charge in [-0.25, -0.2) is 4.98 Å². The van der Waals surface area contributed by atoms with Crippen LogP contribution in [0.2, 0.25) is 0 Å². The molecule has 0 aliphatic rings. The highest BCUT2D eigenvalue weighted by Crippen LogP contribution is 2.19. The highest BCUT2D eigenvalue weighted by atomic mass is 16.1. The number of anilines is 1. The van der Waals surface area contributed by atoms with Gasteiger partial charge in [-0.1, -0.05) is 60.7 Å². The van der Waals surface area contributed by atoms with Crippen molar-refractivity contribution in [2.24, 2.45) is 0 Å². The van der Waals surface area contributed by atoms with E-state index in [-0.39, 0.29) is 5.91 Å². The zero-order valence-electron chi connectivity index (χ0n) is 16.5. The van der Waals surface area contributed by atoms with Gasteiger partial charge in [0.1, 0.15) is 5.69 Å². The first-order chi connectivity index (χ1) is 13.6. The maximum absolute atomic E-state index is 12.4. The van der Waals surface area contributed by atoms with Crippen molar-refractivity contribution in [2.75, 3.05) is 11.4 Å². The lowest BCUT2D eigenvalue weighted by Gasteiger charge is -2.29. The molecule has 1 amide bonds. The van der Waals surface area contributed by atoms with Crippen LogP contribution in [-0.4, -0.2) is 23.5 Å². The fourth-order valence-corrected chi connectivity index (χ4v) is 3.10. The summed E-state index contributed by atoms with van der Waals surface area (Å²) in [6.45, 7) is 5.72. The summed E-state index contributed by atoms with van der Waals surface area (Å²) in [5.74, 6) is -0.137. The first-order valence-corrected chi connectivity index (χ1v) is 9.72. The molecule has 1 N–H and O–H groups in total. The summed E-state index contributed by atoms with van der Waals surface area (Å²) in [5, 5.41) is 2.94. The molecule has 0 aliphatic heterocycles. The van der Waals surface area contributed by atoms with Crippen molar-refractivity contribution in [3.8, 4) is 0 Å². The second-order valence-corrected chi connectivity index (χ2v) is 7.10. The molecule has 0 saturated heterocycles. The highest BCUT2D eigenvalue weighted by molar-refractivity contribution is 5.92. The topological polar surface area (TPSA) is 45.2 Å². The molecule has 0 fully saturated rings. The maximum atomic E-state index is 12.4. The van der Waals surface area contributed by atoms with Crippen molar-refractivity contribution in [3.05, 3.63) is 95.8 Å². The molecule has 28 heavy (non-hydrogen) atoms. The lowest BCUT2D eigenvalue weighted by molar-refractivity contribution is 0.0949. The fraction of sp³-hybridized carbons (Fsp3) is 0.250. The van der Waals surface area contributed by atoms with Gasteiger partial charge in [0.15, 0.2) is 0 Å². The van der Waals surface area contributed by atoms with Crippen molar-refractivity contribution in [3.63, 3.8) is 0 Å². The molecule has 0 spiro atoms. The Kier molecular flexibility index (Phi) is 6.79. The van der Waals surface area contributed by atoms with Gasteiger partial charge in [-0.3, -0.25) is 4.79 Å². The second-order valence-electron chi connectivity index (χ2n) is 7.10. The van der Waals surface area contributed by atoms with Crippen LogP contribution in [0.1, 0.15) is 35.5 Å². The number of carbonyl (C=O) groups excluding carboxylic acids is 1. The zero-order chi connectivity index (χ0) is 19.8. The minimum atomic E-state index is -0.137. The number of hydrogen-bond donors (Lipinski definition) is 1. The summed E-state index contributed by atoms with van der Waals surface area (Å²) in [6.07, 6.45) is 2.60. The van der Waals surface area contributed by atoms with Crippen molar-refractivity contribution in [1.82, 2.24) is 10.3 Å². The Morgan fingerprint density at radius 3 is 2.14 bits per heavy atom. The van der Waals surface area contributed by atoms with Crippen LogP contribution in [0.15, 0.2) is 79.0 Å². The number of carbonyl (C=O) groups is 1. The Hall–Kier alpha value is -3.14. The zero-order valence-corrected chi connectivity index (χ0v) is 16.5. The lowest BCUT2D eigenvalue weighted by atomic mass is 10.1. The van der Waals surface area contributed by atoms with E-state index in [0.29, 0.717) is 18.3 Å². The Labute approximate surface area is 167 Å². The van der Waals surface area contributed by atoms with Gasteiger partial charge in [0.05, 0.1) is 11.9 Å². The molecule has 0 saturated carbocycles. The third-order valence-electron chi connectivity index (χ3n) is 4.67. The van der Waals surface area contributed by atoms with Gasteiger partial charge in [-0.05, 0) is 43.5 Å². The van der Waals surface area contributed by atoms with Gasteiger partial charge in [0, 0.05) is 19.1 Å². The van der Waals surface area contributed by atoms with E-state index < -0.39 is 0 Å². The third kappa shape index (κ3) is 5.43. The van der Waals surface area contributed by atoms with Gasteiger partial charge in [0.25, 0.3) is 5.91 Å². The molecule has 0 atom stereocenters. The summed E-state index contributed by atoms with van der Waals surface area (Å²) in [6, 6.07) is 24.6. The summed E-state index contributed by atoms with van der Waals surface area (Å²) >= 11 is 0. The molecule has 0 radical (unpaired) electrons. The molecule has 0 unspecified atom stereocenters. The Bertz CT molecular complexity index is 861. The first-order valence-electron chi connectivity index (χ1n) is 9.72. The average molecular weight is 374 g/mol. The predicted molar refractivity (Wildman–Crippen MR) is 114 cm³/mol. The van der Waals surface area contributed by atoms with E-state index in [4.69, 9.17) is 0 Å². The fourth-order valence-electron chi connectivity index (χ4n) is 3.10. The smallest absolute Gasteiger partial charge is 0.269 e. The quantitative estimate of drug-likeness (QED) is 0.634. The molecule has 1 heterocycles. The molecule has 3 rings (SSSR count). The van der Waals surface area contributed by atoms with Crippen LogP contribution in [0.4, 0.5) is 5.69 Å². The molecule has 4 nitrogen and oxygen atoms in total. The molecule has 2 aromatic carbocycles. The van der Waals surface area contributed by atoms with Crippen LogP contribution < -0.4 is 10.2 Å². The molecule has 1 aromatic heterocycles. The number of pyridine rings is 1. The SMILES string of the molecule is CC(C)N(Cc1ccccc1)c1ccc(C(=O)NCCc2ccccc2)nc1. The first kappa shape index (κ1) is 19.6. The Morgan fingerprint density at radius 2 is 1.57 bits per heavy atom. The standard InChI is InChI=1S/C24H27N3O/c1-19(2)27(18-21-11-7-4-8-12-21)22-13-14-23(26-17-22)24(28)25-16-15-20-9-5-3-6-10-20/h3-14,17,19H,15-16,18H2,1-2H3,(H,25,28). The van der Waals surface area contributed by atoms with E-state index >= 15 is 0 Å². The summed E-state index contributed by atoms with van der Waals surface area (Å²) < 4.78 is 0. The largest absolute Gasteiger partial charge is 0.364 e. The van der Waals surface area contributed by atoms with E-state index in [9.17, 15) is 4.79 Å². The van der Waals surface area contributed by atoms with Crippen molar-refractivity contribution >= 4 is 11.6 Å². The van der Waals surface area contributed by atoms with Crippen LogP contribution in [-0.2, 0) is 13.0 Å². The van der Waals surface area contributed by atoms with Gasteiger partial charge < -0.3 is 10.2 Å². The van der Waals surface area contributed by atoms with Crippen molar-refractivity contribution in [1.29, 1.82) is 0 Å². The molecule has 144 valence electrons. The molecule has 0 aliphatic carbocycles. The summed E-state index contributed by atoms with van der Waals surface area (Å²) in [7, 11) is 0. The minimum absolute atomic E-state index is 0.137. The van der Waals surface area contributed by atoms with Crippen LogP contribution in [0.3, 0.4) is 0 Å². The number of benzene rings is 2. The summed E-state index contributed by atoms with van der Waals surface area (Å²) in [4.78, 5) is 19.0. The van der Waals surface area contributed by atoms with Crippen LogP contribution >= 0.6 is 0 Å². The monoisotopic (exact) mass is 373 g/mol. The molecular weight excluding hydrogens is 346 g/mol. The minimum Gasteiger partial charge on any atom is -0.364 e. The second kappa shape index (κ2) is 9.70.